The van der Waals surface area contributed by atoms with Gasteiger partial charge in [0.15, 0.2) is 0 Å². The highest BCUT2D eigenvalue weighted by atomic mass is 16.2. The van der Waals surface area contributed by atoms with Gasteiger partial charge in [-0.1, -0.05) is 0 Å². The number of amides is 2. The summed E-state index contributed by atoms with van der Waals surface area (Å²) in [6, 6.07) is -0.415. The van der Waals surface area contributed by atoms with Gasteiger partial charge < -0.3 is 16.0 Å². The summed E-state index contributed by atoms with van der Waals surface area (Å²) in [6.45, 7) is 4.10. The number of likely N-dealkylation sites (tertiary alicyclic amines) is 1. The second kappa shape index (κ2) is 3.31. The molecule has 1 rings (SSSR count). The molecule has 0 aromatic heterocycles. The van der Waals surface area contributed by atoms with Gasteiger partial charge in [0.1, 0.15) is 0 Å². The van der Waals surface area contributed by atoms with E-state index in [-0.39, 0.29) is 5.54 Å². The Morgan fingerprint density at radius 3 is 2.42 bits per heavy atom. The zero-order chi connectivity index (χ0) is 9.19. The molecule has 2 amide bonds. The highest BCUT2D eigenvalue weighted by Crippen LogP contribution is 2.20. The van der Waals surface area contributed by atoms with Gasteiger partial charge in [-0.2, -0.15) is 0 Å². The molecular formula is C8H17N3O. The summed E-state index contributed by atoms with van der Waals surface area (Å²) >= 11 is 0. The van der Waals surface area contributed by atoms with Crippen molar-refractivity contribution in [2.45, 2.75) is 25.3 Å². The third-order valence-corrected chi connectivity index (χ3v) is 2.52. The first-order chi connectivity index (χ1) is 5.52. The van der Waals surface area contributed by atoms with Crippen molar-refractivity contribution in [3.05, 3.63) is 0 Å². The Bertz CT molecular complexity index is 173. The zero-order valence-electron chi connectivity index (χ0n) is 7.76. The highest BCUT2D eigenvalue weighted by Gasteiger charge is 2.29. The van der Waals surface area contributed by atoms with Gasteiger partial charge in [-0.15, -0.1) is 0 Å². The third kappa shape index (κ3) is 2.37. The molecule has 0 aromatic rings. The number of hydrogen-bond donors (Lipinski definition) is 2. The molecule has 0 bridgehead atoms. The number of carbonyl (C=O) groups is 1. The number of nitrogens with zero attached hydrogens (tertiary/aromatic N) is 1. The number of urea groups is 1. The molecule has 0 aliphatic carbocycles. The third-order valence-electron chi connectivity index (χ3n) is 2.52. The highest BCUT2D eigenvalue weighted by molar-refractivity contribution is 5.72. The number of nitrogens with one attached hydrogen (secondary N) is 1. The van der Waals surface area contributed by atoms with E-state index in [0.29, 0.717) is 0 Å². The average Bonchev–Trinajstić information content (AvgIpc) is 1.94. The normalized spacial score (nSPS) is 23.5. The molecule has 4 nitrogen and oxygen atoms in total. The number of primary amides is 1. The Kier molecular flexibility index (Phi) is 2.57. The Morgan fingerprint density at radius 1 is 1.50 bits per heavy atom. The maximum absolute atomic E-state index is 10.7. The van der Waals surface area contributed by atoms with E-state index < -0.39 is 6.03 Å². The van der Waals surface area contributed by atoms with Gasteiger partial charge in [0.25, 0.3) is 0 Å². The van der Waals surface area contributed by atoms with Crippen molar-refractivity contribution in [3.63, 3.8) is 0 Å². The molecule has 1 saturated heterocycles. The van der Waals surface area contributed by atoms with Gasteiger partial charge in [0.05, 0.1) is 0 Å². The van der Waals surface area contributed by atoms with Gasteiger partial charge in [-0.25, -0.2) is 4.79 Å². The predicted octanol–water partition coefficient (Wildman–Crippen LogP) is 0.139. The number of hydrogen-bond acceptors (Lipinski definition) is 2. The standard InChI is InChI=1S/C8H17N3O/c1-8(10-7(9)12)3-5-11(2)6-4-8/h3-6H2,1-2H3,(H3,9,10,12). The van der Waals surface area contributed by atoms with Gasteiger partial charge in [-0.3, -0.25) is 0 Å². The van der Waals surface area contributed by atoms with Gasteiger partial charge >= 0.3 is 6.03 Å². The summed E-state index contributed by atoms with van der Waals surface area (Å²) < 4.78 is 0. The summed E-state index contributed by atoms with van der Waals surface area (Å²) in [6.07, 6.45) is 1.96. The minimum atomic E-state index is -0.415. The van der Waals surface area contributed by atoms with Crippen molar-refractivity contribution >= 4 is 6.03 Å². The van der Waals surface area contributed by atoms with Crippen LogP contribution in [0.4, 0.5) is 4.79 Å². The molecule has 12 heavy (non-hydrogen) atoms. The molecule has 0 saturated carbocycles. The van der Waals surface area contributed by atoms with Crippen LogP contribution in [0.2, 0.25) is 0 Å². The van der Waals surface area contributed by atoms with E-state index >= 15 is 0 Å². The molecule has 1 heterocycles. The fraction of sp³-hybridized carbons (Fsp3) is 0.875. The van der Waals surface area contributed by atoms with Crippen LogP contribution in [0.1, 0.15) is 19.8 Å². The summed E-state index contributed by atoms with van der Waals surface area (Å²) in [5.41, 5.74) is 4.99. The molecule has 0 unspecified atom stereocenters. The second-order valence-electron chi connectivity index (χ2n) is 3.85. The molecule has 1 aliphatic rings. The van der Waals surface area contributed by atoms with Crippen LogP contribution in [0.5, 0.6) is 0 Å². The molecule has 0 aromatic carbocycles. The number of nitrogens with two attached hydrogens (primary N) is 1. The van der Waals surface area contributed by atoms with Gasteiger partial charge in [0.2, 0.25) is 0 Å². The Balaban J connectivity index is 2.44. The lowest BCUT2D eigenvalue weighted by Crippen LogP contribution is -2.54. The fourth-order valence-electron chi connectivity index (χ4n) is 1.53. The number of rotatable bonds is 1. The minimum absolute atomic E-state index is 0.0850. The van der Waals surface area contributed by atoms with E-state index in [2.05, 4.69) is 17.3 Å². The van der Waals surface area contributed by atoms with Crippen LogP contribution in [0.3, 0.4) is 0 Å². The Hall–Kier alpha value is -0.770. The van der Waals surface area contributed by atoms with E-state index in [1.807, 2.05) is 6.92 Å². The van der Waals surface area contributed by atoms with Crippen LogP contribution in [0, 0.1) is 0 Å². The monoisotopic (exact) mass is 171 g/mol. The molecule has 0 radical (unpaired) electrons. The van der Waals surface area contributed by atoms with E-state index in [4.69, 9.17) is 5.73 Å². The topological polar surface area (TPSA) is 58.4 Å². The first-order valence-corrected chi connectivity index (χ1v) is 4.28. The summed E-state index contributed by atoms with van der Waals surface area (Å²) in [5.74, 6) is 0. The quantitative estimate of drug-likeness (QED) is 0.589. The maximum atomic E-state index is 10.7. The lowest BCUT2D eigenvalue weighted by molar-refractivity contribution is 0.171. The first-order valence-electron chi connectivity index (χ1n) is 4.28. The van der Waals surface area contributed by atoms with Crippen molar-refractivity contribution in [1.29, 1.82) is 0 Å². The lowest BCUT2D eigenvalue weighted by atomic mass is 9.90. The second-order valence-corrected chi connectivity index (χ2v) is 3.85. The zero-order valence-corrected chi connectivity index (χ0v) is 7.76. The van der Waals surface area contributed by atoms with Gasteiger partial charge in [-0.05, 0) is 26.8 Å². The smallest absolute Gasteiger partial charge is 0.312 e. The largest absolute Gasteiger partial charge is 0.352 e. The van der Waals surface area contributed by atoms with Crippen LogP contribution in [-0.4, -0.2) is 36.6 Å². The molecular weight excluding hydrogens is 154 g/mol. The van der Waals surface area contributed by atoms with Crippen molar-refractivity contribution in [1.82, 2.24) is 10.2 Å². The van der Waals surface area contributed by atoms with Crippen LogP contribution in [0.15, 0.2) is 0 Å². The Morgan fingerprint density at radius 2 is 2.00 bits per heavy atom. The molecule has 0 atom stereocenters. The van der Waals surface area contributed by atoms with E-state index in [0.717, 1.165) is 25.9 Å². The van der Waals surface area contributed by atoms with Gasteiger partial charge in [0, 0.05) is 18.6 Å². The molecule has 4 heteroatoms. The van der Waals surface area contributed by atoms with Crippen molar-refractivity contribution in [3.8, 4) is 0 Å². The number of carbonyl (C=O) groups excluding carboxylic acids is 1. The van der Waals surface area contributed by atoms with Crippen molar-refractivity contribution < 1.29 is 4.79 Å². The Labute approximate surface area is 73.1 Å². The molecule has 70 valence electrons. The van der Waals surface area contributed by atoms with Crippen LogP contribution >= 0.6 is 0 Å². The van der Waals surface area contributed by atoms with Crippen molar-refractivity contribution in [2.24, 2.45) is 5.73 Å². The maximum Gasteiger partial charge on any atom is 0.312 e. The number of piperidine rings is 1. The SMILES string of the molecule is CN1CCC(C)(NC(N)=O)CC1. The van der Waals surface area contributed by atoms with Crippen LogP contribution in [0.25, 0.3) is 0 Å². The predicted molar refractivity (Wildman–Crippen MR) is 47.9 cm³/mol. The summed E-state index contributed by atoms with van der Waals surface area (Å²) in [7, 11) is 2.09. The van der Waals surface area contributed by atoms with E-state index in [1.165, 1.54) is 0 Å². The molecule has 1 fully saturated rings. The molecule has 1 aliphatic heterocycles. The fourth-order valence-corrected chi connectivity index (χ4v) is 1.53. The molecule has 3 N–H and O–H groups in total. The molecule has 0 spiro atoms. The first kappa shape index (κ1) is 9.32. The van der Waals surface area contributed by atoms with Crippen LogP contribution in [-0.2, 0) is 0 Å². The van der Waals surface area contributed by atoms with E-state index in [1.54, 1.807) is 0 Å². The average molecular weight is 171 g/mol. The van der Waals surface area contributed by atoms with E-state index in [9.17, 15) is 4.79 Å². The summed E-state index contributed by atoms with van der Waals surface area (Å²) in [4.78, 5) is 12.9. The van der Waals surface area contributed by atoms with Crippen molar-refractivity contribution in [2.75, 3.05) is 20.1 Å². The lowest BCUT2D eigenvalue weighted by Gasteiger charge is -2.37. The van der Waals surface area contributed by atoms with Crippen LogP contribution < -0.4 is 11.1 Å². The minimum Gasteiger partial charge on any atom is -0.352 e. The summed E-state index contributed by atoms with van der Waals surface area (Å²) in [5, 5.41) is 2.79.